The first-order valence-corrected chi connectivity index (χ1v) is 14.1. The van der Waals surface area contributed by atoms with Crippen molar-refractivity contribution in [3.63, 3.8) is 0 Å². The second-order valence-electron chi connectivity index (χ2n) is 8.36. The van der Waals surface area contributed by atoms with Gasteiger partial charge in [-0.3, -0.25) is 10.2 Å². The van der Waals surface area contributed by atoms with Gasteiger partial charge >= 0.3 is 0 Å². The van der Waals surface area contributed by atoms with Crippen LogP contribution in [0.5, 0.6) is 11.5 Å². The molecule has 0 spiro atoms. The van der Waals surface area contributed by atoms with Crippen molar-refractivity contribution < 1.29 is 9.05 Å². The molecule has 2 unspecified atom stereocenters. The Morgan fingerprint density at radius 3 is 1.41 bits per heavy atom. The summed E-state index contributed by atoms with van der Waals surface area (Å²) in [4.78, 5) is 13.3. The van der Waals surface area contributed by atoms with E-state index in [1.165, 1.54) is 0 Å². The molecule has 0 amide bonds. The molecule has 0 saturated heterocycles. The van der Waals surface area contributed by atoms with Gasteiger partial charge in [-0.1, -0.05) is 72.8 Å². The number of nitrogens with one attached hydrogen (secondary N) is 2. The normalized spacial score (nSPS) is 16.6. The van der Waals surface area contributed by atoms with Crippen molar-refractivity contribution in [2.45, 2.75) is 0 Å². The number of nitrogen functional groups attached to an aromatic ring is 1. The summed E-state index contributed by atoms with van der Waals surface area (Å²) in [5, 5.41) is 8.82. The molecule has 3 heterocycles. The van der Waals surface area contributed by atoms with E-state index in [-0.39, 0.29) is 5.95 Å². The molecule has 1 aromatic heterocycles. The number of nitrogens with zero attached hydrogens (tertiary/aromatic N) is 3. The van der Waals surface area contributed by atoms with Crippen LogP contribution in [0.4, 0.5) is 17.8 Å². The Morgan fingerprint density at radius 2 is 0.919 bits per heavy atom. The molecule has 10 heteroatoms. The molecular weight excluding hydrogens is 502 g/mol. The largest absolute Gasteiger partial charge is 0.448 e. The highest BCUT2D eigenvalue weighted by Gasteiger charge is 2.29. The van der Waals surface area contributed by atoms with Gasteiger partial charge in [-0.25, -0.2) is 0 Å². The first-order valence-electron chi connectivity index (χ1n) is 11.6. The first kappa shape index (κ1) is 22.0. The van der Waals surface area contributed by atoms with Gasteiger partial charge in [-0.2, -0.15) is 15.0 Å². The topological polar surface area (TPSA) is 107 Å². The highest BCUT2D eigenvalue weighted by Crippen LogP contribution is 2.49. The summed E-state index contributed by atoms with van der Waals surface area (Å²) in [6.07, 6.45) is 0. The van der Waals surface area contributed by atoms with Crippen LogP contribution in [0.25, 0.3) is 22.3 Å². The third-order valence-electron chi connectivity index (χ3n) is 6.04. The van der Waals surface area contributed by atoms with Gasteiger partial charge in [0.05, 0.1) is 0 Å². The number of rotatable bonds is 4. The lowest BCUT2D eigenvalue weighted by Gasteiger charge is -2.29. The Labute approximate surface area is 215 Å². The molecule has 180 valence electrons. The van der Waals surface area contributed by atoms with Crippen LogP contribution < -0.4 is 35.6 Å². The lowest BCUT2D eigenvalue weighted by molar-refractivity contribution is 0.624. The Morgan fingerprint density at radius 1 is 0.514 bits per heavy atom. The minimum atomic E-state index is -1.28. The zero-order chi connectivity index (χ0) is 24.8. The van der Waals surface area contributed by atoms with E-state index in [1.54, 1.807) is 0 Å². The van der Waals surface area contributed by atoms with E-state index < -0.39 is 16.6 Å². The Kier molecular flexibility index (Phi) is 5.35. The second kappa shape index (κ2) is 9.00. The molecule has 8 nitrogen and oxygen atoms in total. The number of anilines is 3. The summed E-state index contributed by atoms with van der Waals surface area (Å²) in [5.74, 6) is 2.39. The van der Waals surface area contributed by atoms with Crippen LogP contribution in [0.3, 0.4) is 0 Å². The number of hydrogen-bond donors (Lipinski definition) is 3. The molecule has 5 aromatic rings. The van der Waals surface area contributed by atoms with Gasteiger partial charge < -0.3 is 14.8 Å². The van der Waals surface area contributed by atoms with Crippen LogP contribution in [-0.2, 0) is 0 Å². The highest BCUT2D eigenvalue weighted by atomic mass is 31.2. The van der Waals surface area contributed by atoms with Crippen LogP contribution in [0, 0.1) is 0 Å². The van der Waals surface area contributed by atoms with Crippen LogP contribution in [0.15, 0.2) is 97.1 Å². The van der Waals surface area contributed by atoms with Gasteiger partial charge in [-0.15, -0.1) is 0 Å². The molecule has 37 heavy (non-hydrogen) atoms. The number of para-hydroxylation sites is 2. The van der Waals surface area contributed by atoms with Crippen LogP contribution in [-0.4, -0.2) is 15.0 Å². The molecule has 0 radical (unpaired) electrons. The average Bonchev–Trinajstić information content (AvgIpc) is 2.93. The SMILES string of the molecule is Nc1nc(NP2Oc3ccccc3-c3ccccc32)nc(NP2Oc3ccccc3-c3ccccc32)n1. The van der Waals surface area contributed by atoms with E-state index in [9.17, 15) is 0 Å². The van der Waals surface area contributed by atoms with Gasteiger partial charge in [0.25, 0.3) is 0 Å². The number of nitrogens with two attached hydrogens (primary N) is 1. The van der Waals surface area contributed by atoms with Crippen molar-refractivity contribution >= 4 is 45.1 Å². The quantitative estimate of drug-likeness (QED) is 0.259. The zero-order valence-corrected chi connectivity index (χ0v) is 21.2. The van der Waals surface area contributed by atoms with E-state index in [2.05, 4.69) is 61.5 Å². The fourth-order valence-corrected chi connectivity index (χ4v) is 7.50. The fraction of sp³-hybridized carbons (Fsp3) is 0. The Balaban J connectivity index is 1.19. The van der Waals surface area contributed by atoms with E-state index in [1.807, 2.05) is 60.7 Å². The van der Waals surface area contributed by atoms with Crippen molar-refractivity contribution in [3.05, 3.63) is 97.1 Å². The summed E-state index contributed by atoms with van der Waals surface area (Å²) in [5.41, 5.74) is 10.5. The molecular formula is C27H20N6O2P2. The third kappa shape index (κ3) is 4.01. The molecule has 2 aliphatic heterocycles. The fourth-order valence-electron chi connectivity index (χ4n) is 4.43. The number of benzene rings is 4. The lowest BCUT2D eigenvalue weighted by atomic mass is 10.0. The minimum Gasteiger partial charge on any atom is -0.448 e. The summed E-state index contributed by atoms with van der Waals surface area (Å²) >= 11 is 0. The molecule has 0 saturated carbocycles. The number of hydrogen-bond acceptors (Lipinski definition) is 8. The molecule has 4 aromatic carbocycles. The molecule has 4 N–H and O–H groups in total. The molecule has 0 fully saturated rings. The average molecular weight is 522 g/mol. The Hall–Kier alpha value is -4.25. The van der Waals surface area contributed by atoms with Crippen molar-refractivity contribution in [2.75, 3.05) is 15.9 Å². The summed E-state index contributed by atoms with van der Waals surface area (Å²) in [6, 6.07) is 32.4. The first-order chi connectivity index (χ1) is 18.2. The van der Waals surface area contributed by atoms with E-state index in [0.29, 0.717) is 11.9 Å². The van der Waals surface area contributed by atoms with Gasteiger partial charge in [-0.05, 0) is 35.4 Å². The molecule has 2 aliphatic rings. The van der Waals surface area contributed by atoms with Crippen LogP contribution in [0.1, 0.15) is 0 Å². The van der Waals surface area contributed by atoms with Crippen LogP contribution >= 0.6 is 16.6 Å². The van der Waals surface area contributed by atoms with Gasteiger partial charge in [0.2, 0.25) is 34.4 Å². The van der Waals surface area contributed by atoms with E-state index in [0.717, 1.165) is 44.4 Å². The second-order valence-corrected chi connectivity index (χ2v) is 11.3. The van der Waals surface area contributed by atoms with Crippen LogP contribution in [0.2, 0.25) is 0 Å². The van der Waals surface area contributed by atoms with Crippen molar-refractivity contribution in [3.8, 4) is 33.8 Å². The third-order valence-corrected chi connectivity index (χ3v) is 9.26. The zero-order valence-electron chi connectivity index (χ0n) is 19.4. The smallest absolute Gasteiger partial charge is 0.235 e. The van der Waals surface area contributed by atoms with Gasteiger partial charge in [0.15, 0.2) is 0 Å². The van der Waals surface area contributed by atoms with E-state index >= 15 is 0 Å². The Bertz CT molecular complexity index is 1530. The van der Waals surface area contributed by atoms with Gasteiger partial charge in [0.1, 0.15) is 11.5 Å². The van der Waals surface area contributed by atoms with E-state index in [4.69, 9.17) is 14.8 Å². The summed E-state index contributed by atoms with van der Waals surface area (Å²) in [6.45, 7) is 0. The highest BCUT2D eigenvalue weighted by molar-refractivity contribution is 7.63. The number of fused-ring (bicyclic) bond motifs is 6. The van der Waals surface area contributed by atoms with Crippen molar-refractivity contribution in [1.82, 2.24) is 15.0 Å². The predicted octanol–water partition coefficient (Wildman–Crippen LogP) is 5.67. The summed E-state index contributed by atoms with van der Waals surface area (Å²) in [7, 11) is -2.57. The summed E-state index contributed by atoms with van der Waals surface area (Å²) < 4.78 is 12.7. The maximum Gasteiger partial charge on any atom is 0.235 e. The van der Waals surface area contributed by atoms with Gasteiger partial charge in [0, 0.05) is 21.7 Å². The minimum absolute atomic E-state index is 0.0985. The maximum absolute atomic E-state index is 6.35. The lowest BCUT2D eigenvalue weighted by Crippen LogP contribution is -2.21. The molecule has 0 bridgehead atoms. The monoisotopic (exact) mass is 522 g/mol. The predicted molar refractivity (Wildman–Crippen MR) is 150 cm³/mol. The number of aromatic nitrogens is 3. The maximum atomic E-state index is 6.35. The molecule has 7 rings (SSSR count). The molecule has 0 aliphatic carbocycles. The standard InChI is InChI=1S/C27H20N6O2P2/c28-25-29-26(32-36-23-15-7-3-11-19(23)17-9-1-5-13-21(17)34-36)31-27(30-25)33-37-24-16-8-4-12-20(24)18-10-2-6-14-22(18)35-37/h1-16H,(H4,28,29,30,31,32,33). The van der Waals surface area contributed by atoms with Crippen molar-refractivity contribution in [2.24, 2.45) is 0 Å². The molecule has 2 atom stereocenters. The van der Waals surface area contributed by atoms with Crippen molar-refractivity contribution in [1.29, 1.82) is 0 Å².